The first-order valence-corrected chi connectivity index (χ1v) is 7.36. The van der Waals surface area contributed by atoms with E-state index in [4.69, 9.17) is 17.3 Å². The van der Waals surface area contributed by atoms with Crippen molar-refractivity contribution in [2.45, 2.75) is 25.4 Å². The van der Waals surface area contributed by atoms with Crippen molar-refractivity contribution in [1.29, 1.82) is 5.26 Å². The molecular formula is C17H16ClN3. The SMILES string of the molecule is N#Cc1cc(Cl)ccc1N(Cc1ccc(N)cc1)C1CC1. The molecule has 0 atom stereocenters. The van der Waals surface area contributed by atoms with Crippen LogP contribution in [0.15, 0.2) is 42.5 Å². The zero-order chi connectivity index (χ0) is 14.8. The third-order valence-electron chi connectivity index (χ3n) is 3.71. The van der Waals surface area contributed by atoms with Crippen molar-refractivity contribution in [2.75, 3.05) is 10.6 Å². The molecule has 0 amide bonds. The van der Waals surface area contributed by atoms with Crippen LogP contribution >= 0.6 is 11.6 Å². The van der Waals surface area contributed by atoms with Crippen molar-refractivity contribution in [2.24, 2.45) is 0 Å². The average molecular weight is 298 g/mol. The van der Waals surface area contributed by atoms with Gasteiger partial charge in [-0.25, -0.2) is 0 Å². The molecule has 0 aliphatic heterocycles. The smallest absolute Gasteiger partial charge is 0.101 e. The number of halogens is 1. The third-order valence-corrected chi connectivity index (χ3v) is 3.94. The lowest BCUT2D eigenvalue weighted by Gasteiger charge is -2.26. The number of hydrogen-bond donors (Lipinski definition) is 1. The monoisotopic (exact) mass is 297 g/mol. The highest BCUT2D eigenvalue weighted by molar-refractivity contribution is 6.30. The van der Waals surface area contributed by atoms with Crippen LogP contribution in [0.25, 0.3) is 0 Å². The Bertz CT molecular complexity index is 684. The van der Waals surface area contributed by atoms with Gasteiger partial charge in [-0.05, 0) is 48.7 Å². The molecule has 2 N–H and O–H groups in total. The fourth-order valence-corrected chi connectivity index (χ4v) is 2.64. The number of hydrogen-bond acceptors (Lipinski definition) is 3. The number of nitrogens with zero attached hydrogens (tertiary/aromatic N) is 2. The number of anilines is 2. The Morgan fingerprint density at radius 3 is 2.52 bits per heavy atom. The molecule has 21 heavy (non-hydrogen) atoms. The van der Waals surface area contributed by atoms with Crippen LogP contribution in [0.5, 0.6) is 0 Å². The van der Waals surface area contributed by atoms with Crippen LogP contribution in [0.4, 0.5) is 11.4 Å². The molecule has 0 saturated heterocycles. The predicted octanol–water partition coefficient (Wildman–Crippen LogP) is 3.96. The van der Waals surface area contributed by atoms with Gasteiger partial charge < -0.3 is 10.6 Å². The van der Waals surface area contributed by atoms with Crippen LogP contribution in [0, 0.1) is 11.3 Å². The van der Waals surface area contributed by atoms with Gasteiger partial charge in [-0.2, -0.15) is 5.26 Å². The van der Waals surface area contributed by atoms with E-state index in [0.717, 1.165) is 17.9 Å². The summed E-state index contributed by atoms with van der Waals surface area (Å²) in [6, 6.07) is 16.2. The van der Waals surface area contributed by atoms with Crippen LogP contribution in [-0.4, -0.2) is 6.04 Å². The Morgan fingerprint density at radius 2 is 1.90 bits per heavy atom. The molecule has 3 nitrogen and oxygen atoms in total. The van der Waals surface area contributed by atoms with Gasteiger partial charge in [-0.3, -0.25) is 0 Å². The van der Waals surface area contributed by atoms with Crippen molar-refractivity contribution in [3.8, 4) is 6.07 Å². The van der Waals surface area contributed by atoms with E-state index in [9.17, 15) is 5.26 Å². The second-order valence-electron chi connectivity index (χ2n) is 5.37. The van der Waals surface area contributed by atoms with Gasteiger partial charge >= 0.3 is 0 Å². The van der Waals surface area contributed by atoms with E-state index in [1.807, 2.05) is 36.4 Å². The van der Waals surface area contributed by atoms with Gasteiger partial charge in [0.25, 0.3) is 0 Å². The van der Waals surface area contributed by atoms with Crippen molar-refractivity contribution in [1.82, 2.24) is 0 Å². The van der Waals surface area contributed by atoms with E-state index in [0.29, 0.717) is 16.6 Å². The summed E-state index contributed by atoms with van der Waals surface area (Å²) < 4.78 is 0. The molecule has 1 aliphatic rings. The Kier molecular flexibility index (Phi) is 3.72. The first-order chi connectivity index (χ1) is 10.2. The molecular weight excluding hydrogens is 282 g/mol. The minimum absolute atomic E-state index is 0.510. The van der Waals surface area contributed by atoms with E-state index in [2.05, 4.69) is 11.0 Å². The number of benzene rings is 2. The van der Waals surface area contributed by atoms with Crippen LogP contribution in [0.1, 0.15) is 24.0 Å². The van der Waals surface area contributed by atoms with Crippen molar-refractivity contribution >= 4 is 23.0 Å². The van der Waals surface area contributed by atoms with Gasteiger partial charge in [-0.15, -0.1) is 0 Å². The second-order valence-corrected chi connectivity index (χ2v) is 5.81. The molecule has 0 spiro atoms. The van der Waals surface area contributed by atoms with Crippen molar-refractivity contribution in [3.05, 3.63) is 58.6 Å². The van der Waals surface area contributed by atoms with Crippen LogP contribution in [0.2, 0.25) is 5.02 Å². The largest absolute Gasteiger partial charge is 0.399 e. The molecule has 1 saturated carbocycles. The molecule has 0 unspecified atom stereocenters. The fourth-order valence-electron chi connectivity index (χ4n) is 2.47. The van der Waals surface area contributed by atoms with E-state index < -0.39 is 0 Å². The molecule has 1 aliphatic carbocycles. The Hall–Kier alpha value is -2.18. The summed E-state index contributed by atoms with van der Waals surface area (Å²) in [6.45, 7) is 0.779. The average Bonchev–Trinajstić information content (AvgIpc) is 3.31. The van der Waals surface area contributed by atoms with Crippen LogP contribution in [0.3, 0.4) is 0 Å². The van der Waals surface area contributed by atoms with Gasteiger partial charge in [0, 0.05) is 23.3 Å². The summed E-state index contributed by atoms with van der Waals surface area (Å²) in [5.74, 6) is 0. The zero-order valence-corrected chi connectivity index (χ0v) is 12.3. The zero-order valence-electron chi connectivity index (χ0n) is 11.6. The predicted molar refractivity (Wildman–Crippen MR) is 86.2 cm³/mol. The lowest BCUT2D eigenvalue weighted by molar-refractivity contribution is 0.793. The number of nitriles is 1. The lowest BCUT2D eigenvalue weighted by atomic mass is 10.1. The molecule has 2 aromatic carbocycles. The number of nitrogens with two attached hydrogens (primary N) is 1. The van der Waals surface area contributed by atoms with Gasteiger partial charge in [-0.1, -0.05) is 23.7 Å². The van der Waals surface area contributed by atoms with Gasteiger partial charge in [0.15, 0.2) is 0 Å². The summed E-state index contributed by atoms with van der Waals surface area (Å²) in [4.78, 5) is 2.29. The van der Waals surface area contributed by atoms with E-state index in [-0.39, 0.29) is 0 Å². The Labute approximate surface area is 129 Å². The first-order valence-electron chi connectivity index (χ1n) is 6.98. The molecule has 3 rings (SSSR count). The topological polar surface area (TPSA) is 53.0 Å². The van der Waals surface area contributed by atoms with Gasteiger partial charge in [0.05, 0.1) is 11.3 Å². The summed E-state index contributed by atoms with van der Waals surface area (Å²) in [6.07, 6.45) is 2.34. The Morgan fingerprint density at radius 1 is 1.19 bits per heavy atom. The minimum atomic E-state index is 0.510. The molecule has 0 bridgehead atoms. The van der Waals surface area contributed by atoms with Crippen molar-refractivity contribution in [3.63, 3.8) is 0 Å². The molecule has 4 heteroatoms. The standard InChI is InChI=1S/C17H16ClN3/c18-14-3-8-17(13(9-14)10-19)21(16-6-7-16)11-12-1-4-15(20)5-2-12/h1-5,8-9,16H,6-7,11,20H2. The quantitative estimate of drug-likeness (QED) is 0.869. The number of rotatable bonds is 4. The first kappa shape index (κ1) is 13.8. The van der Waals surface area contributed by atoms with E-state index in [1.165, 1.54) is 18.4 Å². The van der Waals surface area contributed by atoms with Gasteiger partial charge in [0.1, 0.15) is 6.07 Å². The maximum absolute atomic E-state index is 9.34. The highest BCUT2D eigenvalue weighted by atomic mass is 35.5. The fraction of sp³-hybridized carbons (Fsp3) is 0.235. The number of nitrogen functional groups attached to an aromatic ring is 1. The van der Waals surface area contributed by atoms with Crippen LogP contribution < -0.4 is 10.6 Å². The molecule has 0 radical (unpaired) electrons. The van der Waals surface area contributed by atoms with Crippen LogP contribution in [-0.2, 0) is 6.54 Å². The summed E-state index contributed by atoms with van der Waals surface area (Å²) in [7, 11) is 0. The highest BCUT2D eigenvalue weighted by Crippen LogP contribution is 2.35. The van der Waals surface area contributed by atoms with Crippen molar-refractivity contribution < 1.29 is 0 Å². The maximum atomic E-state index is 9.34. The Balaban J connectivity index is 1.92. The molecule has 0 aromatic heterocycles. The van der Waals surface area contributed by atoms with E-state index in [1.54, 1.807) is 6.07 Å². The summed E-state index contributed by atoms with van der Waals surface area (Å²) in [5, 5.41) is 9.94. The molecule has 2 aromatic rings. The molecule has 106 valence electrons. The maximum Gasteiger partial charge on any atom is 0.101 e. The minimum Gasteiger partial charge on any atom is -0.399 e. The highest BCUT2D eigenvalue weighted by Gasteiger charge is 2.30. The molecule has 0 heterocycles. The second kappa shape index (κ2) is 5.67. The normalized spacial score (nSPS) is 13.7. The summed E-state index contributed by atoms with van der Waals surface area (Å²) in [5.41, 5.74) is 9.28. The molecule has 1 fully saturated rings. The van der Waals surface area contributed by atoms with E-state index >= 15 is 0 Å². The summed E-state index contributed by atoms with van der Waals surface area (Å²) >= 11 is 5.99. The van der Waals surface area contributed by atoms with Gasteiger partial charge in [0.2, 0.25) is 0 Å². The lowest BCUT2D eigenvalue weighted by Crippen LogP contribution is -2.25. The third kappa shape index (κ3) is 3.12.